The minimum atomic E-state index is -3.55. The van der Waals surface area contributed by atoms with Crippen LogP contribution >= 0.6 is 0 Å². The van der Waals surface area contributed by atoms with Crippen molar-refractivity contribution in [1.82, 2.24) is 9.62 Å². The Labute approximate surface area is 182 Å². The highest BCUT2D eigenvalue weighted by atomic mass is 32.2. The third kappa shape index (κ3) is 6.40. The van der Waals surface area contributed by atoms with Crippen LogP contribution in [0.3, 0.4) is 0 Å². The molecule has 0 bridgehead atoms. The maximum absolute atomic E-state index is 12.4. The van der Waals surface area contributed by atoms with Gasteiger partial charge in [0.15, 0.2) is 23.9 Å². The molecule has 0 aromatic heterocycles. The van der Waals surface area contributed by atoms with Crippen molar-refractivity contribution in [3.63, 3.8) is 0 Å². The Morgan fingerprint density at radius 1 is 1.06 bits per heavy atom. The van der Waals surface area contributed by atoms with Gasteiger partial charge in [0.25, 0.3) is 5.91 Å². The van der Waals surface area contributed by atoms with Gasteiger partial charge in [-0.05, 0) is 55.0 Å². The van der Waals surface area contributed by atoms with E-state index in [2.05, 4.69) is 5.32 Å². The van der Waals surface area contributed by atoms with Gasteiger partial charge in [-0.3, -0.25) is 9.59 Å². The molecule has 0 unspecified atom stereocenters. The second kappa shape index (κ2) is 10.7. The maximum atomic E-state index is 12.4. The number of ether oxygens (including phenoxy) is 2. The highest BCUT2D eigenvalue weighted by molar-refractivity contribution is 7.89. The van der Waals surface area contributed by atoms with E-state index < -0.39 is 10.0 Å². The smallest absolute Gasteiger partial charge is 0.257 e. The third-order valence-corrected chi connectivity index (χ3v) is 6.09. The summed E-state index contributed by atoms with van der Waals surface area (Å²) in [6.07, 6.45) is 3.00. The number of benzene rings is 2. The number of allylic oxidation sites excluding steroid dienone is 1. The highest BCUT2D eigenvalue weighted by Gasteiger charge is 2.17. The Bertz CT molecular complexity index is 1060. The molecule has 2 rings (SSSR count). The molecule has 0 saturated heterocycles. The average molecular weight is 447 g/mol. The van der Waals surface area contributed by atoms with Crippen LogP contribution in [0.4, 0.5) is 0 Å². The normalized spacial score (nSPS) is 11.5. The summed E-state index contributed by atoms with van der Waals surface area (Å²) in [6.45, 7) is 2.21. The summed E-state index contributed by atoms with van der Waals surface area (Å²) in [6, 6.07) is 10.8. The first-order valence-corrected chi connectivity index (χ1v) is 11.0. The lowest BCUT2D eigenvalue weighted by Crippen LogP contribution is -2.28. The number of nitrogens with zero attached hydrogens (tertiary/aromatic N) is 1. The van der Waals surface area contributed by atoms with Crippen molar-refractivity contribution in [2.75, 3.05) is 34.4 Å². The number of carbonyl (C=O) groups excluding carboxylic acids is 2. The van der Waals surface area contributed by atoms with Crippen LogP contribution in [0.15, 0.2) is 53.4 Å². The molecule has 166 valence electrons. The van der Waals surface area contributed by atoms with E-state index in [1.807, 2.05) is 6.92 Å². The SMILES string of the molecule is CCNC(=O)COc1ccc(/C=C/C(=O)c2ccc(S(=O)(=O)N(C)C)cc2)cc1OC. The number of ketones is 1. The van der Waals surface area contributed by atoms with E-state index in [1.54, 1.807) is 24.3 Å². The molecule has 0 saturated carbocycles. The molecule has 1 amide bonds. The van der Waals surface area contributed by atoms with Crippen molar-refractivity contribution < 1.29 is 27.5 Å². The van der Waals surface area contributed by atoms with Crippen molar-refractivity contribution in [3.8, 4) is 11.5 Å². The standard InChI is InChI=1S/C22H26N2O6S/c1-5-23-22(26)15-30-20-13-7-16(14-21(20)29-4)6-12-19(25)17-8-10-18(11-9-17)31(27,28)24(2)3/h6-14H,5,15H2,1-4H3,(H,23,26)/b12-6+. The van der Waals surface area contributed by atoms with Gasteiger partial charge in [0, 0.05) is 26.2 Å². The maximum Gasteiger partial charge on any atom is 0.257 e. The van der Waals surface area contributed by atoms with Crippen LogP contribution in [-0.2, 0) is 14.8 Å². The van der Waals surface area contributed by atoms with E-state index in [0.717, 1.165) is 4.31 Å². The van der Waals surface area contributed by atoms with Crippen LogP contribution < -0.4 is 14.8 Å². The number of hydrogen-bond acceptors (Lipinski definition) is 6. The number of rotatable bonds is 10. The molecule has 8 nitrogen and oxygen atoms in total. The predicted octanol–water partition coefficient (Wildman–Crippen LogP) is 2.36. The summed E-state index contributed by atoms with van der Waals surface area (Å²) in [5, 5.41) is 2.64. The average Bonchev–Trinajstić information content (AvgIpc) is 2.76. The molecular weight excluding hydrogens is 420 g/mol. The van der Waals surface area contributed by atoms with E-state index in [0.29, 0.717) is 29.2 Å². The van der Waals surface area contributed by atoms with Crippen molar-refractivity contribution in [2.24, 2.45) is 0 Å². The van der Waals surface area contributed by atoms with Crippen LogP contribution in [-0.4, -0.2) is 58.8 Å². The molecule has 2 aromatic rings. The Morgan fingerprint density at radius 3 is 2.32 bits per heavy atom. The van der Waals surface area contributed by atoms with E-state index in [-0.39, 0.29) is 23.2 Å². The fraction of sp³-hybridized carbons (Fsp3) is 0.273. The number of amides is 1. The number of sulfonamides is 1. The summed E-state index contributed by atoms with van der Waals surface area (Å²) in [5.41, 5.74) is 1.06. The summed E-state index contributed by atoms with van der Waals surface area (Å²) in [7, 11) is 0.828. The topological polar surface area (TPSA) is 102 Å². The highest BCUT2D eigenvalue weighted by Crippen LogP contribution is 2.28. The van der Waals surface area contributed by atoms with Crippen LogP contribution in [0.5, 0.6) is 11.5 Å². The fourth-order valence-corrected chi connectivity index (χ4v) is 3.47. The lowest BCUT2D eigenvalue weighted by atomic mass is 10.1. The molecule has 9 heteroatoms. The molecule has 0 spiro atoms. The number of likely N-dealkylation sites (N-methyl/N-ethyl adjacent to an activating group) is 1. The summed E-state index contributed by atoms with van der Waals surface area (Å²) < 4.78 is 36.1. The molecule has 0 heterocycles. The Hall–Kier alpha value is -3.17. The Balaban J connectivity index is 2.10. The van der Waals surface area contributed by atoms with Crippen LogP contribution in [0, 0.1) is 0 Å². The van der Waals surface area contributed by atoms with E-state index in [4.69, 9.17) is 9.47 Å². The number of carbonyl (C=O) groups is 2. The lowest BCUT2D eigenvalue weighted by molar-refractivity contribution is -0.123. The van der Waals surface area contributed by atoms with Gasteiger partial charge in [-0.15, -0.1) is 0 Å². The molecule has 2 aromatic carbocycles. The second-order valence-corrected chi connectivity index (χ2v) is 8.81. The van der Waals surface area contributed by atoms with Gasteiger partial charge >= 0.3 is 0 Å². The van der Waals surface area contributed by atoms with E-state index >= 15 is 0 Å². The summed E-state index contributed by atoms with van der Waals surface area (Å²) in [5.74, 6) is 0.333. The van der Waals surface area contributed by atoms with Gasteiger partial charge in [0.2, 0.25) is 10.0 Å². The van der Waals surface area contributed by atoms with E-state index in [9.17, 15) is 18.0 Å². The first kappa shape index (κ1) is 24.1. The molecule has 0 radical (unpaired) electrons. The monoisotopic (exact) mass is 446 g/mol. The first-order valence-electron chi connectivity index (χ1n) is 9.51. The van der Waals surface area contributed by atoms with E-state index in [1.165, 1.54) is 51.5 Å². The van der Waals surface area contributed by atoms with Gasteiger partial charge in [-0.1, -0.05) is 12.1 Å². The van der Waals surface area contributed by atoms with Crippen LogP contribution in [0.1, 0.15) is 22.8 Å². The van der Waals surface area contributed by atoms with Gasteiger partial charge in [0.05, 0.1) is 12.0 Å². The number of methoxy groups -OCH3 is 1. The van der Waals surface area contributed by atoms with Gasteiger partial charge in [-0.25, -0.2) is 12.7 Å². The fourth-order valence-electron chi connectivity index (χ4n) is 2.57. The van der Waals surface area contributed by atoms with Crippen molar-refractivity contribution in [3.05, 3.63) is 59.7 Å². The number of nitrogens with one attached hydrogen (secondary N) is 1. The van der Waals surface area contributed by atoms with Gasteiger partial charge in [0.1, 0.15) is 0 Å². The summed E-state index contributed by atoms with van der Waals surface area (Å²) in [4.78, 5) is 24.1. The van der Waals surface area contributed by atoms with Gasteiger partial charge in [-0.2, -0.15) is 0 Å². The second-order valence-electron chi connectivity index (χ2n) is 6.66. The largest absolute Gasteiger partial charge is 0.493 e. The zero-order chi connectivity index (χ0) is 23.0. The van der Waals surface area contributed by atoms with Crippen molar-refractivity contribution in [1.29, 1.82) is 0 Å². The Morgan fingerprint density at radius 2 is 1.74 bits per heavy atom. The van der Waals surface area contributed by atoms with Crippen molar-refractivity contribution >= 4 is 27.8 Å². The molecule has 1 N–H and O–H groups in total. The molecule has 0 aliphatic carbocycles. The molecule has 0 fully saturated rings. The lowest BCUT2D eigenvalue weighted by Gasteiger charge is -2.11. The zero-order valence-electron chi connectivity index (χ0n) is 17.9. The van der Waals surface area contributed by atoms with Gasteiger partial charge < -0.3 is 14.8 Å². The minimum absolute atomic E-state index is 0.117. The Kier molecular flexibility index (Phi) is 8.35. The number of hydrogen-bond donors (Lipinski definition) is 1. The van der Waals surface area contributed by atoms with Crippen LogP contribution in [0.25, 0.3) is 6.08 Å². The first-order chi connectivity index (χ1) is 14.7. The van der Waals surface area contributed by atoms with Crippen molar-refractivity contribution in [2.45, 2.75) is 11.8 Å². The summed E-state index contributed by atoms with van der Waals surface area (Å²) >= 11 is 0. The molecule has 0 aliphatic rings. The molecular formula is C22H26N2O6S. The van der Waals surface area contributed by atoms with Crippen LogP contribution in [0.2, 0.25) is 0 Å². The molecule has 0 atom stereocenters. The molecule has 0 aliphatic heterocycles. The third-order valence-electron chi connectivity index (χ3n) is 4.26. The molecule has 31 heavy (non-hydrogen) atoms. The predicted molar refractivity (Wildman–Crippen MR) is 118 cm³/mol. The quantitative estimate of drug-likeness (QED) is 0.444. The zero-order valence-corrected chi connectivity index (χ0v) is 18.7. The minimum Gasteiger partial charge on any atom is -0.493 e.